The number of ether oxygens (including phenoxy) is 1. The maximum Gasteiger partial charge on any atom is 0.261 e. The van der Waals surface area contributed by atoms with Gasteiger partial charge in [-0.05, 0) is 49.1 Å². The van der Waals surface area contributed by atoms with Gasteiger partial charge < -0.3 is 15.0 Å². The average molecular weight is 493 g/mol. The van der Waals surface area contributed by atoms with Crippen molar-refractivity contribution in [2.24, 2.45) is 0 Å². The maximum atomic E-state index is 13.6. The highest BCUT2D eigenvalue weighted by molar-refractivity contribution is 6.32. The van der Waals surface area contributed by atoms with E-state index in [0.29, 0.717) is 23.7 Å². The molecule has 2 amide bonds. The highest BCUT2D eigenvalue weighted by Crippen LogP contribution is 2.24. The Balaban J connectivity index is 1.93. The summed E-state index contributed by atoms with van der Waals surface area (Å²) in [7, 11) is 0. The van der Waals surface area contributed by atoms with Gasteiger partial charge in [0.15, 0.2) is 6.61 Å². The highest BCUT2D eigenvalue weighted by atomic mass is 35.5. The third-order valence-corrected chi connectivity index (χ3v) is 6.37. The molecule has 0 aliphatic heterocycles. The van der Waals surface area contributed by atoms with Crippen LogP contribution in [0, 0.1) is 6.92 Å². The molecule has 0 aromatic heterocycles. The summed E-state index contributed by atoms with van der Waals surface area (Å²) >= 11 is 6.22. The summed E-state index contributed by atoms with van der Waals surface area (Å²) in [4.78, 5) is 28.7. The molecular weight excluding hydrogens is 460 g/mol. The molecule has 6 heteroatoms. The topological polar surface area (TPSA) is 58.6 Å². The van der Waals surface area contributed by atoms with Crippen LogP contribution in [-0.2, 0) is 22.6 Å². The van der Waals surface area contributed by atoms with E-state index in [1.54, 1.807) is 29.2 Å². The number of carbonyl (C=O) groups is 2. The molecule has 0 saturated carbocycles. The number of halogens is 1. The van der Waals surface area contributed by atoms with Crippen LogP contribution in [0.1, 0.15) is 37.0 Å². The van der Waals surface area contributed by atoms with Crippen molar-refractivity contribution in [3.63, 3.8) is 0 Å². The summed E-state index contributed by atoms with van der Waals surface area (Å²) in [6, 6.07) is 24.0. The standard InChI is InChI=1S/C29H33ClN2O3/c1-4-22(3)31-29(34)26(18-23-13-6-5-7-14-23)32(19-24-15-9-8-12-21(24)2)28(33)20-35-27-17-11-10-16-25(27)30/h5-17,22,26H,4,18-20H2,1-3H3,(H,31,34)/t22-,26-/m1/s1. The van der Waals surface area contributed by atoms with E-state index in [4.69, 9.17) is 16.3 Å². The number of rotatable bonds is 11. The molecule has 3 rings (SSSR count). The van der Waals surface area contributed by atoms with Crippen LogP contribution < -0.4 is 10.1 Å². The minimum absolute atomic E-state index is 0.00411. The summed E-state index contributed by atoms with van der Waals surface area (Å²) in [5.74, 6) is -0.0293. The largest absolute Gasteiger partial charge is 0.482 e. The minimum Gasteiger partial charge on any atom is -0.482 e. The number of benzene rings is 3. The van der Waals surface area contributed by atoms with E-state index < -0.39 is 6.04 Å². The Morgan fingerprint density at radius 2 is 1.63 bits per heavy atom. The van der Waals surface area contributed by atoms with Crippen molar-refractivity contribution in [1.82, 2.24) is 10.2 Å². The molecule has 5 nitrogen and oxygen atoms in total. The predicted molar refractivity (Wildman–Crippen MR) is 141 cm³/mol. The minimum atomic E-state index is -0.701. The van der Waals surface area contributed by atoms with Gasteiger partial charge in [-0.1, -0.05) is 85.3 Å². The van der Waals surface area contributed by atoms with E-state index in [1.807, 2.05) is 75.4 Å². The first-order valence-corrected chi connectivity index (χ1v) is 12.3. The van der Waals surface area contributed by atoms with Gasteiger partial charge in [-0.15, -0.1) is 0 Å². The Morgan fingerprint density at radius 1 is 0.971 bits per heavy atom. The molecule has 184 valence electrons. The predicted octanol–water partition coefficient (Wildman–Crippen LogP) is 5.58. The molecule has 3 aromatic carbocycles. The lowest BCUT2D eigenvalue weighted by Crippen LogP contribution is -2.53. The van der Waals surface area contributed by atoms with Crippen molar-refractivity contribution in [3.05, 3.63) is 101 Å². The van der Waals surface area contributed by atoms with Gasteiger partial charge >= 0.3 is 0 Å². The summed E-state index contributed by atoms with van der Waals surface area (Å²) < 4.78 is 5.78. The van der Waals surface area contributed by atoms with Gasteiger partial charge in [0.25, 0.3) is 5.91 Å². The fourth-order valence-corrected chi connectivity index (χ4v) is 3.94. The third kappa shape index (κ3) is 7.59. The van der Waals surface area contributed by atoms with Crippen LogP contribution in [0.4, 0.5) is 0 Å². The van der Waals surface area contributed by atoms with Gasteiger partial charge in [0.05, 0.1) is 5.02 Å². The average Bonchev–Trinajstić information content (AvgIpc) is 2.87. The van der Waals surface area contributed by atoms with Crippen molar-refractivity contribution in [2.45, 2.75) is 52.2 Å². The summed E-state index contributed by atoms with van der Waals surface area (Å²) in [6.07, 6.45) is 1.19. The summed E-state index contributed by atoms with van der Waals surface area (Å²) in [5, 5.41) is 3.51. The van der Waals surface area contributed by atoms with Crippen LogP contribution in [0.2, 0.25) is 5.02 Å². The lowest BCUT2D eigenvalue weighted by molar-refractivity contribution is -0.143. The van der Waals surface area contributed by atoms with Gasteiger partial charge in [0, 0.05) is 19.0 Å². The lowest BCUT2D eigenvalue weighted by Gasteiger charge is -2.32. The molecule has 1 N–H and O–H groups in total. The number of hydrogen-bond donors (Lipinski definition) is 1. The second kappa shape index (κ2) is 13.0. The highest BCUT2D eigenvalue weighted by Gasteiger charge is 2.31. The van der Waals surface area contributed by atoms with Crippen LogP contribution in [0.5, 0.6) is 5.75 Å². The second-order valence-electron chi connectivity index (χ2n) is 8.69. The molecule has 3 aromatic rings. The molecule has 0 radical (unpaired) electrons. The second-order valence-corrected chi connectivity index (χ2v) is 9.10. The van der Waals surface area contributed by atoms with E-state index >= 15 is 0 Å². The number of nitrogens with one attached hydrogen (secondary N) is 1. The van der Waals surface area contributed by atoms with Gasteiger partial charge in [-0.25, -0.2) is 0 Å². The van der Waals surface area contributed by atoms with Crippen molar-refractivity contribution < 1.29 is 14.3 Å². The first-order valence-electron chi connectivity index (χ1n) is 11.9. The fraction of sp³-hybridized carbons (Fsp3) is 0.310. The van der Waals surface area contributed by atoms with Crippen molar-refractivity contribution in [3.8, 4) is 5.75 Å². The summed E-state index contributed by atoms with van der Waals surface area (Å²) in [6.45, 7) is 6.06. The molecule has 0 spiro atoms. The number of para-hydroxylation sites is 1. The first kappa shape index (κ1) is 26.3. The lowest BCUT2D eigenvalue weighted by atomic mass is 10.0. The third-order valence-electron chi connectivity index (χ3n) is 6.06. The van der Waals surface area contributed by atoms with Crippen LogP contribution in [0.15, 0.2) is 78.9 Å². The van der Waals surface area contributed by atoms with E-state index in [9.17, 15) is 9.59 Å². The fourth-order valence-electron chi connectivity index (χ4n) is 3.75. The number of hydrogen-bond acceptors (Lipinski definition) is 3. The van der Waals surface area contributed by atoms with Gasteiger partial charge in [0.1, 0.15) is 11.8 Å². The van der Waals surface area contributed by atoms with Crippen LogP contribution >= 0.6 is 11.6 Å². The van der Waals surface area contributed by atoms with Crippen molar-refractivity contribution >= 4 is 23.4 Å². The smallest absolute Gasteiger partial charge is 0.261 e. The number of amides is 2. The zero-order valence-corrected chi connectivity index (χ0v) is 21.3. The molecule has 35 heavy (non-hydrogen) atoms. The Bertz CT molecular complexity index is 1120. The molecule has 0 fully saturated rings. The van der Waals surface area contributed by atoms with Crippen LogP contribution in [0.25, 0.3) is 0 Å². The zero-order valence-electron chi connectivity index (χ0n) is 20.5. The normalized spacial score (nSPS) is 12.5. The number of aryl methyl sites for hydroxylation is 1. The molecular formula is C29H33ClN2O3. The van der Waals surface area contributed by atoms with E-state index in [1.165, 1.54) is 0 Å². The maximum absolute atomic E-state index is 13.6. The molecule has 0 saturated heterocycles. The van der Waals surface area contributed by atoms with E-state index in [2.05, 4.69) is 5.32 Å². The van der Waals surface area contributed by atoms with E-state index in [-0.39, 0.29) is 24.5 Å². The van der Waals surface area contributed by atoms with Gasteiger partial charge in [0.2, 0.25) is 5.91 Å². The van der Waals surface area contributed by atoms with Gasteiger partial charge in [-0.2, -0.15) is 0 Å². The Morgan fingerprint density at radius 3 is 2.31 bits per heavy atom. The van der Waals surface area contributed by atoms with Crippen molar-refractivity contribution in [2.75, 3.05) is 6.61 Å². The van der Waals surface area contributed by atoms with Crippen LogP contribution in [-0.4, -0.2) is 35.4 Å². The number of nitrogens with zero attached hydrogens (tertiary/aromatic N) is 1. The molecule has 0 aliphatic rings. The zero-order chi connectivity index (χ0) is 25.2. The molecule has 0 heterocycles. The Labute approximate surface area is 213 Å². The Kier molecular flexibility index (Phi) is 9.74. The van der Waals surface area contributed by atoms with Gasteiger partial charge in [-0.3, -0.25) is 9.59 Å². The number of carbonyl (C=O) groups excluding carboxylic acids is 2. The molecule has 0 unspecified atom stereocenters. The Hall–Kier alpha value is -3.31. The summed E-state index contributed by atoms with van der Waals surface area (Å²) in [5.41, 5.74) is 3.01. The molecule has 0 bridgehead atoms. The monoisotopic (exact) mass is 492 g/mol. The van der Waals surface area contributed by atoms with Crippen LogP contribution in [0.3, 0.4) is 0 Å². The molecule has 0 aliphatic carbocycles. The molecule has 2 atom stereocenters. The SMILES string of the molecule is CC[C@@H](C)NC(=O)[C@@H](Cc1ccccc1)N(Cc1ccccc1C)C(=O)COc1ccccc1Cl. The quantitative estimate of drug-likeness (QED) is 0.380. The van der Waals surface area contributed by atoms with E-state index in [0.717, 1.165) is 23.1 Å². The van der Waals surface area contributed by atoms with Crippen molar-refractivity contribution in [1.29, 1.82) is 0 Å². The first-order chi connectivity index (χ1) is 16.9.